The lowest BCUT2D eigenvalue weighted by Crippen LogP contribution is -2.12. The van der Waals surface area contributed by atoms with Crippen LogP contribution in [0.5, 0.6) is 0 Å². The van der Waals surface area contributed by atoms with Crippen LogP contribution in [0.15, 0.2) is 24.3 Å². The van der Waals surface area contributed by atoms with E-state index in [2.05, 4.69) is 0 Å². The van der Waals surface area contributed by atoms with Gasteiger partial charge in [0, 0.05) is 11.7 Å². The van der Waals surface area contributed by atoms with Crippen LogP contribution < -0.4 is 17.2 Å². The van der Waals surface area contributed by atoms with E-state index in [1.807, 2.05) is 24.3 Å². The second-order valence-electron chi connectivity index (χ2n) is 5.99. The molecule has 0 radical (unpaired) electrons. The number of hydrogen-bond acceptors (Lipinski definition) is 3. The molecule has 120 valence electrons. The Hall–Kier alpha value is -1.06. The molecule has 0 aliphatic carbocycles. The van der Waals surface area contributed by atoms with Crippen LogP contribution in [-0.4, -0.2) is 6.54 Å². The third-order valence-electron chi connectivity index (χ3n) is 4.11. The summed E-state index contributed by atoms with van der Waals surface area (Å²) in [6, 6.07) is 8.03. The third-order valence-corrected chi connectivity index (χ3v) is 4.11. The second-order valence-corrected chi connectivity index (χ2v) is 5.99. The summed E-state index contributed by atoms with van der Waals surface area (Å²) >= 11 is 0. The molecule has 6 N–H and O–H groups in total. The van der Waals surface area contributed by atoms with Crippen molar-refractivity contribution in [1.29, 1.82) is 0 Å². The average molecular weight is 291 g/mol. The Balaban J connectivity index is 1.98. The molecule has 1 unspecified atom stereocenters. The minimum atomic E-state index is 0.0856. The van der Waals surface area contributed by atoms with Crippen LogP contribution in [-0.2, 0) is 0 Å². The first-order valence-electron chi connectivity index (χ1n) is 8.55. The van der Waals surface area contributed by atoms with Gasteiger partial charge in [-0.25, -0.2) is 0 Å². The number of anilines is 1. The fourth-order valence-corrected chi connectivity index (χ4v) is 2.75. The molecule has 0 saturated heterocycles. The molecule has 0 fully saturated rings. The van der Waals surface area contributed by atoms with Crippen molar-refractivity contribution in [1.82, 2.24) is 0 Å². The standard InChI is InChI=1S/C18H33N3/c19-15-11-7-5-3-1-2-4-6-8-13-17(20)16-12-9-10-14-18(16)21/h9-10,12,14,17H,1-8,11,13,15,19-21H2. The zero-order chi connectivity index (χ0) is 15.3. The number of nitrogen functional groups attached to an aromatic ring is 1. The summed E-state index contributed by atoms with van der Waals surface area (Å²) in [5.74, 6) is 0. The number of nitrogens with two attached hydrogens (primary N) is 3. The Kier molecular flexibility index (Phi) is 9.92. The molecule has 0 bridgehead atoms. The van der Waals surface area contributed by atoms with E-state index in [4.69, 9.17) is 17.2 Å². The molecule has 0 amide bonds. The SMILES string of the molecule is NCCCCCCCCCCCC(N)c1ccccc1N. The molecule has 0 aliphatic rings. The van der Waals surface area contributed by atoms with E-state index >= 15 is 0 Å². The first-order valence-corrected chi connectivity index (χ1v) is 8.55. The van der Waals surface area contributed by atoms with Crippen molar-refractivity contribution < 1.29 is 0 Å². The molecule has 0 aliphatic heterocycles. The van der Waals surface area contributed by atoms with E-state index < -0.39 is 0 Å². The summed E-state index contributed by atoms with van der Waals surface area (Å²) < 4.78 is 0. The van der Waals surface area contributed by atoms with Gasteiger partial charge in [0.2, 0.25) is 0 Å². The molecule has 3 heteroatoms. The van der Waals surface area contributed by atoms with Gasteiger partial charge in [-0.05, 0) is 31.0 Å². The smallest absolute Gasteiger partial charge is 0.0362 e. The summed E-state index contributed by atoms with van der Waals surface area (Å²) in [4.78, 5) is 0. The number of para-hydroxylation sites is 1. The average Bonchev–Trinajstić information content (AvgIpc) is 2.49. The lowest BCUT2D eigenvalue weighted by atomic mass is 9.99. The number of hydrogen-bond donors (Lipinski definition) is 3. The zero-order valence-corrected chi connectivity index (χ0v) is 13.4. The molecule has 1 aromatic rings. The molecular weight excluding hydrogens is 258 g/mol. The highest BCUT2D eigenvalue weighted by molar-refractivity contribution is 5.47. The van der Waals surface area contributed by atoms with Gasteiger partial charge in [0.25, 0.3) is 0 Å². The van der Waals surface area contributed by atoms with E-state index in [9.17, 15) is 0 Å². The first kappa shape index (κ1) is 18.0. The minimum absolute atomic E-state index is 0.0856. The fourth-order valence-electron chi connectivity index (χ4n) is 2.75. The highest BCUT2D eigenvalue weighted by Gasteiger charge is 2.08. The van der Waals surface area contributed by atoms with Gasteiger partial charge < -0.3 is 17.2 Å². The predicted octanol–water partition coefficient (Wildman–Crippen LogP) is 4.13. The van der Waals surface area contributed by atoms with E-state index in [0.717, 1.165) is 24.2 Å². The highest BCUT2D eigenvalue weighted by Crippen LogP contribution is 2.23. The van der Waals surface area contributed by atoms with Crippen LogP contribution in [0.3, 0.4) is 0 Å². The lowest BCUT2D eigenvalue weighted by Gasteiger charge is -2.14. The lowest BCUT2D eigenvalue weighted by molar-refractivity contribution is 0.531. The normalized spacial score (nSPS) is 12.5. The Morgan fingerprint density at radius 2 is 1.29 bits per heavy atom. The maximum Gasteiger partial charge on any atom is 0.0362 e. The molecule has 3 nitrogen and oxygen atoms in total. The number of rotatable bonds is 12. The van der Waals surface area contributed by atoms with Gasteiger partial charge in [-0.15, -0.1) is 0 Å². The van der Waals surface area contributed by atoms with Crippen LogP contribution in [0.4, 0.5) is 5.69 Å². The van der Waals surface area contributed by atoms with Gasteiger partial charge in [-0.1, -0.05) is 69.6 Å². The van der Waals surface area contributed by atoms with Gasteiger partial charge in [0.1, 0.15) is 0 Å². The molecule has 1 rings (SSSR count). The Morgan fingerprint density at radius 1 is 0.762 bits per heavy atom. The monoisotopic (exact) mass is 291 g/mol. The van der Waals surface area contributed by atoms with Crippen molar-refractivity contribution in [3.05, 3.63) is 29.8 Å². The van der Waals surface area contributed by atoms with Crippen molar-refractivity contribution in [2.45, 2.75) is 70.3 Å². The van der Waals surface area contributed by atoms with Crippen LogP contribution >= 0.6 is 0 Å². The maximum atomic E-state index is 6.21. The number of unbranched alkanes of at least 4 members (excludes halogenated alkanes) is 8. The van der Waals surface area contributed by atoms with Crippen LogP contribution in [0, 0.1) is 0 Å². The van der Waals surface area contributed by atoms with Crippen molar-refractivity contribution in [3.63, 3.8) is 0 Å². The predicted molar refractivity (Wildman–Crippen MR) is 93.0 cm³/mol. The Bertz CT molecular complexity index is 365. The maximum absolute atomic E-state index is 6.21. The summed E-state index contributed by atoms with van der Waals surface area (Å²) in [5, 5.41) is 0. The van der Waals surface area contributed by atoms with Crippen molar-refractivity contribution in [2.75, 3.05) is 12.3 Å². The van der Waals surface area contributed by atoms with Crippen molar-refractivity contribution in [2.24, 2.45) is 11.5 Å². The molecule has 0 aromatic heterocycles. The van der Waals surface area contributed by atoms with Crippen molar-refractivity contribution >= 4 is 5.69 Å². The quantitative estimate of drug-likeness (QED) is 0.400. The van der Waals surface area contributed by atoms with Crippen LogP contribution in [0.2, 0.25) is 0 Å². The van der Waals surface area contributed by atoms with Gasteiger partial charge >= 0.3 is 0 Å². The second kappa shape index (κ2) is 11.6. The molecule has 21 heavy (non-hydrogen) atoms. The molecule has 1 aromatic carbocycles. The van der Waals surface area contributed by atoms with Crippen molar-refractivity contribution in [3.8, 4) is 0 Å². The highest BCUT2D eigenvalue weighted by atomic mass is 14.7. The zero-order valence-electron chi connectivity index (χ0n) is 13.4. The Morgan fingerprint density at radius 3 is 1.86 bits per heavy atom. The minimum Gasteiger partial charge on any atom is -0.398 e. The van der Waals surface area contributed by atoms with Gasteiger partial charge in [-0.2, -0.15) is 0 Å². The first-order chi connectivity index (χ1) is 10.3. The summed E-state index contributed by atoms with van der Waals surface area (Å²) in [6.07, 6.45) is 12.7. The third kappa shape index (κ3) is 8.08. The van der Waals surface area contributed by atoms with Gasteiger partial charge in [0.15, 0.2) is 0 Å². The van der Waals surface area contributed by atoms with Crippen LogP contribution in [0.1, 0.15) is 75.8 Å². The summed E-state index contributed by atoms with van der Waals surface area (Å²) in [6.45, 7) is 0.839. The van der Waals surface area contributed by atoms with E-state index in [-0.39, 0.29) is 6.04 Å². The summed E-state index contributed by atoms with van der Waals surface area (Å²) in [5.41, 5.74) is 19.6. The Labute approximate surface area is 130 Å². The molecule has 1 atom stereocenters. The topological polar surface area (TPSA) is 78.1 Å². The van der Waals surface area contributed by atoms with E-state index in [1.54, 1.807) is 0 Å². The number of benzene rings is 1. The molecule has 0 saturated carbocycles. The van der Waals surface area contributed by atoms with Gasteiger partial charge in [0.05, 0.1) is 0 Å². The largest absolute Gasteiger partial charge is 0.398 e. The molecular formula is C18H33N3. The van der Waals surface area contributed by atoms with E-state index in [0.29, 0.717) is 0 Å². The summed E-state index contributed by atoms with van der Waals surface area (Å²) in [7, 11) is 0. The van der Waals surface area contributed by atoms with E-state index in [1.165, 1.54) is 57.8 Å². The fraction of sp³-hybridized carbons (Fsp3) is 0.667. The molecule has 0 spiro atoms. The van der Waals surface area contributed by atoms with Gasteiger partial charge in [-0.3, -0.25) is 0 Å². The van der Waals surface area contributed by atoms with Crippen LogP contribution in [0.25, 0.3) is 0 Å². The molecule has 0 heterocycles.